The van der Waals surface area contributed by atoms with Gasteiger partial charge in [0, 0.05) is 25.9 Å². The molecule has 3 nitrogen and oxygen atoms in total. The quantitative estimate of drug-likeness (QED) is 0.826. The summed E-state index contributed by atoms with van der Waals surface area (Å²) < 4.78 is 42.8. The molecule has 1 N–H and O–H groups in total. The Morgan fingerprint density at radius 1 is 1.39 bits per heavy atom. The monoisotopic (exact) mass is 258 g/mol. The number of ether oxygens (including phenoxy) is 1. The SMILES string of the molecule is COCCCNc1ccc(C#N)c(C(F)(F)F)c1. The van der Waals surface area contributed by atoms with Gasteiger partial charge in [0.1, 0.15) is 0 Å². The molecule has 0 amide bonds. The molecular weight excluding hydrogens is 245 g/mol. The normalized spacial score (nSPS) is 11.1. The Morgan fingerprint density at radius 2 is 2.11 bits per heavy atom. The van der Waals surface area contributed by atoms with E-state index in [0.717, 1.165) is 6.07 Å². The molecule has 1 rings (SSSR count). The van der Waals surface area contributed by atoms with Gasteiger partial charge in [-0.05, 0) is 24.6 Å². The minimum Gasteiger partial charge on any atom is -0.385 e. The van der Waals surface area contributed by atoms with Gasteiger partial charge in [-0.3, -0.25) is 0 Å². The maximum Gasteiger partial charge on any atom is 0.417 e. The van der Waals surface area contributed by atoms with Crippen molar-refractivity contribution >= 4 is 5.69 Å². The van der Waals surface area contributed by atoms with Crippen molar-refractivity contribution in [3.8, 4) is 6.07 Å². The van der Waals surface area contributed by atoms with E-state index in [9.17, 15) is 13.2 Å². The largest absolute Gasteiger partial charge is 0.417 e. The zero-order valence-corrected chi connectivity index (χ0v) is 9.84. The first-order chi connectivity index (χ1) is 8.49. The Kier molecular flexibility index (Phi) is 4.98. The average Bonchev–Trinajstić information content (AvgIpc) is 2.33. The fourth-order valence-electron chi connectivity index (χ4n) is 1.44. The number of rotatable bonds is 5. The van der Waals surface area contributed by atoms with Crippen LogP contribution in [0.4, 0.5) is 18.9 Å². The molecule has 0 fully saturated rings. The standard InChI is InChI=1S/C12H13F3N2O/c1-18-6-2-5-17-10-4-3-9(8-16)11(7-10)12(13,14)15/h3-4,7,17H,2,5-6H2,1H3. The van der Waals surface area contributed by atoms with E-state index in [2.05, 4.69) is 5.32 Å². The molecular formula is C12H13F3N2O. The molecule has 0 radical (unpaired) electrons. The van der Waals surface area contributed by atoms with Crippen molar-refractivity contribution in [1.29, 1.82) is 5.26 Å². The zero-order chi connectivity index (χ0) is 13.6. The summed E-state index contributed by atoms with van der Waals surface area (Å²) in [5.41, 5.74) is -0.941. The molecule has 6 heteroatoms. The Labute approximate surface area is 103 Å². The highest BCUT2D eigenvalue weighted by molar-refractivity contribution is 5.53. The number of hydrogen-bond donors (Lipinski definition) is 1. The van der Waals surface area contributed by atoms with E-state index < -0.39 is 11.7 Å². The maximum absolute atomic E-state index is 12.7. The van der Waals surface area contributed by atoms with Crippen molar-refractivity contribution in [2.45, 2.75) is 12.6 Å². The fraction of sp³-hybridized carbons (Fsp3) is 0.417. The number of nitrogens with one attached hydrogen (secondary N) is 1. The Bertz CT molecular complexity index is 438. The molecule has 1 aromatic rings. The topological polar surface area (TPSA) is 45.0 Å². The van der Waals surface area contributed by atoms with E-state index >= 15 is 0 Å². The molecule has 0 aromatic heterocycles. The van der Waals surface area contributed by atoms with Crippen molar-refractivity contribution in [2.24, 2.45) is 0 Å². The predicted molar refractivity (Wildman–Crippen MR) is 61.1 cm³/mol. The number of alkyl halides is 3. The molecule has 0 saturated heterocycles. The molecule has 0 spiro atoms. The number of halogens is 3. The summed E-state index contributed by atoms with van der Waals surface area (Å²) in [5, 5.41) is 11.5. The van der Waals surface area contributed by atoms with E-state index in [1.807, 2.05) is 0 Å². The van der Waals surface area contributed by atoms with Gasteiger partial charge in [-0.2, -0.15) is 18.4 Å². The molecule has 0 saturated carbocycles. The summed E-state index contributed by atoms with van der Waals surface area (Å²) >= 11 is 0. The summed E-state index contributed by atoms with van der Waals surface area (Å²) in [6, 6.07) is 5.11. The average molecular weight is 258 g/mol. The van der Waals surface area contributed by atoms with Gasteiger partial charge >= 0.3 is 6.18 Å². The van der Waals surface area contributed by atoms with Crippen LogP contribution in [0.25, 0.3) is 0 Å². The second-order valence-corrected chi connectivity index (χ2v) is 3.64. The number of methoxy groups -OCH3 is 1. The van der Waals surface area contributed by atoms with E-state index in [-0.39, 0.29) is 5.56 Å². The lowest BCUT2D eigenvalue weighted by molar-refractivity contribution is -0.137. The van der Waals surface area contributed by atoms with Gasteiger partial charge in [-0.1, -0.05) is 0 Å². The lowest BCUT2D eigenvalue weighted by atomic mass is 10.1. The van der Waals surface area contributed by atoms with Crippen LogP contribution in [-0.2, 0) is 10.9 Å². The second-order valence-electron chi connectivity index (χ2n) is 3.64. The molecule has 18 heavy (non-hydrogen) atoms. The van der Waals surface area contributed by atoms with E-state index in [0.29, 0.717) is 25.3 Å². The van der Waals surface area contributed by atoms with Crippen molar-refractivity contribution in [1.82, 2.24) is 0 Å². The van der Waals surface area contributed by atoms with Gasteiger partial charge < -0.3 is 10.1 Å². The van der Waals surface area contributed by atoms with Gasteiger partial charge in [-0.25, -0.2) is 0 Å². The van der Waals surface area contributed by atoms with Crippen LogP contribution in [0, 0.1) is 11.3 Å². The molecule has 98 valence electrons. The van der Waals surface area contributed by atoms with Gasteiger partial charge in [-0.15, -0.1) is 0 Å². The lowest BCUT2D eigenvalue weighted by Crippen LogP contribution is -2.10. The van der Waals surface area contributed by atoms with Gasteiger partial charge in [0.15, 0.2) is 0 Å². The van der Waals surface area contributed by atoms with Crippen LogP contribution >= 0.6 is 0 Å². The number of nitriles is 1. The molecule has 0 aliphatic carbocycles. The summed E-state index contributed by atoms with van der Waals surface area (Å²) in [6.45, 7) is 1.05. The summed E-state index contributed by atoms with van der Waals surface area (Å²) in [5.74, 6) is 0. The predicted octanol–water partition coefficient (Wildman–Crippen LogP) is 3.03. The molecule has 0 aliphatic heterocycles. The van der Waals surface area contributed by atoms with Crippen LogP contribution in [0.2, 0.25) is 0 Å². The summed E-state index contributed by atoms with van der Waals surface area (Å²) in [7, 11) is 1.56. The van der Waals surface area contributed by atoms with Crippen molar-refractivity contribution in [3.63, 3.8) is 0 Å². The lowest BCUT2D eigenvalue weighted by Gasteiger charge is -2.12. The van der Waals surface area contributed by atoms with Crippen LogP contribution in [0.3, 0.4) is 0 Å². The minimum atomic E-state index is -4.52. The third-order valence-electron chi connectivity index (χ3n) is 2.30. The van der Waals surface area contributed by atoms with Crippen molar-refractivity contribution in [3.05, 3.63) is 29.3 Å². The molecule has 0 unspecified atom stereocenters. The maximum atomic E-state index is 12.7. The number of anilines is 1. The van der Waals surface area contributed by atoms with E-state index in [1.54, 1.807) is 7.11 Å². The first-order valence-corrected chi connectivity index (χ1v) is 5.33. The smallest absolute Gasteiger partial charge is 0.385 e. The molecule has 1 aromatic carbocycles. The van der Waals surface area contributed by atoms with Gasteiger partial charge in [0.05, 0.1) is 17.2 Å². The summed E-state index contributed by atoms with van der Waals surface area (Å²) in [4.78, 5) is 0. The third kappa shape index (κ3) is 3.93. The van der Waals surface area contributed by atoms with Crippen LogP contribution in [0.1, 0.15) is 17.5 Å². The van der Waals surface area contributed by atoms with Crippen LogP contribution in [0.5, 0.6) is 0 Å². The number of hydrogen-bond acceptors (Lipinski definition) is 3. The van der Waals surface area contributed by atoms with Crippen molar-refractivity contribution < 1.29 is 17.9 Å². The van der Waals surface area contributed by atoms with E-state index in [1.165, 1.54) is 18.2 Å². The highest BCUT2D eigenvalue weighted by Gasteiger charge is 2.33. The fourth-order valence-corrected chi connectivity index (χ4v) is 1.44. The van der Waals surface area contributed by atoms with Crippen molar-refractivity contribution in [2.75, 3.05) is 25.6 Å². The second kappa shape index (κ2) is 6.26. The van der Waals surface area contributed by atoms with Crippen LogP contribution in [-0.4, -0.2) is 20.3 Å². The third-order valence-corrected chi connectivity index (χ3v) is 2.30. The minimum absolute atomic E-state index is 0.345. The molecule has 0 atom stereocenters. The highest BCUT2D eigenvalue weighted by atomic mass is 19.4. The first-order valence-electron chi connectivity index (χ1n) is 5.33. The Balaban J connectivity index is 2.81. The molecule has 0 heterocycles. The molecule has 0 bridgehead atoms. The zero-order valence-electron chi connectivity index (χ0n) is 9.84. The van der Waals surface area contributed by atoms with E-state index in [4.69, 9.17) is 10.00 Å². The van der Waals surface area contributed by atoms with Crippen LogP contribution < -0.4 is 5.32 Å². The number of benzene rings is 1. The molecule has 0 aliphatic rings. The Morgan fingerprint density at radius 3 is 2.67 bits per heavy atom. The van der Waals surface area contributed by atoms with Gasteiger partial charge in [0.2, 0.25) is 0 Å². The summed E-state index contributed by atoms with van der Waals surface area (Å²) in [6.07, 6.45) is -3.83. The van der Waals surface area contributed by atoms with Crippen LogP contribution in [0.15, 0.2) is 18.2 Å². The Hall–Kier alpha value is -1.74. The number of nitrogens with zero attached hydrogens (tertiary/aromatic N) is 1. The highest BCUT2D eigenvalue weighted by Crippen LogP contribution is 2.33. The van der Waals surface area contributed by atoms with Gasteiger partial charge in [0.25, 0.3) is 0 Å². The first kappa shape index (κ1) is 14.3.